The Labute approximate surface area is 203 Å². The summed E-state index contributed by atoms with van der Waals surface area (Å²) in [5.41, 5.74) is 3.47. The number of H-pyrrole nitrogens is 1. The minimum atomic E-state index is -4.20. The zero-order valence-electron chi connectivity index (χ0n) is 18.8. The first-order chi connectivity index (χ1) is 16.8. The topological polar surface area (TPSA) is 91.0 Å². The molecule has 2 atom stereocenters. The fraction of sp³-hybridized carbons (Fsp3) is 0.417. The second kappa shape index (κ2) is 9.44. The van der Waals surface area contributed by atoms with Gasteiger partial charge in [-0.1, -0.05) is 12.5 Å². The number of nitrogens with one attached hydrogen (secondary N) is 2. The van der Waals surface area contributed by atoms with Crippen molar-refractivity contribution >= 4 is 44.9 Å². The molecule has 2 amide bonds. The van der Waals surface area contributed by atoms with Crippen LogP contribution in [-0.4, -0.2) is 50.9 Å². The van der Waals surface area contributed by atoms with Crippen molar-refractivity contribution in [2.45, 2.75) is 44.2 Å². The second-order valence-corrected chi connectivity index (χ2v) is 9.82. The molecule has 7 nitrogen and oxygen atoms in total. The number of nitrogens with zero attached hydrogens (tertiary/aromatic N) is 3. The fourth-order valence-electron chi connectivity index (χ4n) is 4.90. The molecule has 0 radical (unpaired) electrons. The summed E-state index contributed by atoms with van der Waals surface area (Å²) in [5.74, 6) is -3.07. The van der Waals surface area contributed by atoms with Crippen LogP contribution in [0.4, 0.5) is 18.3 Å². The average molecular weight is 504 g/mol. The number of rotatable bonds is 3. The fourth-order valence-corrected chi connectivity index (χ4v) is 5.69. The highest BCUT2D eigenvalue weighted by atomic mass is 32.1. The number of fused-ring (bicyclic) bond motifs is 1. The number of carbonyl (C=O) groups excluding carboxylic acids is 2. The van der Waals surface area contributed by atoms with Gasteiger partial charge in [0.25, 0.3) is 0 Å². The number of amides is 2. The standard InChI is InChI=1S/C24H24F3N5O2S/c25-24(26,27)16-4-1-3-15(11-16)19-13-35-23(30-19)31-21(33)22(34)32-9-6-14(7-10-32)18-12-29-20-17(18)5-2-8-28-20/h2,5-6,8,12-13,15-16H,1,3-4,7,9-11H2,(H,28,29)(H,30,31,33). The van der Waals surface area contributed by atoms with Crippen molar-refractivity contribution in [3.63, 3.8) is 0 Å². The number of pyridine rings is 1. The van der Waals surface area contributed by atoms with Crippen LogP contribution < -0.4 is 5.32 Å². The molecule has 5 rings (SSSR count). The van der Waals surface area contributed by atoms with E-state index in [1.54, 1.807) is 11.6 Å². The lowest BCUT2D eigenvalue weighted by Gasteiger charge is -2.29. The van der Waals surface area contributed by atoms with E-state index in [4.69, 9.17) is 0 Å². The van der Waals surface area contributed by atoms with E-state index in [0.29, 0.717) is 38.0 Å². The summed E-state index contributed by atoms with van der Waals surface area (Å²) in [6.45, 7) is 0.702. The highest BCUT2D eigenvalue weighted by Crippen LogP contribution is 2.44. The molecule has 184 valence electrons. The summed E-state index contributed by atoms with van der Waals surface area (Å²) >= 11 is 1.13. The normalized spacial score (nSPS) is 21.1. The Morgan fingerprint density at radius 1 is 1.26 bits per heavy atom. The van der Waals surface area contributed by atoms with Gasteiger partial charge in [-0.15, -0.1) is 11.3 Å². The van der Waals surface area contributed by atoms with Crippen LogP contribution in [0.25, 0.3) is 16.6 Å². The molecule has 1 fully saturated rings. The first-order valence-corrected chi connectivity index (χ1v) is 12.4. The zero-order valence-corrected chi connectivity index (χ0v) is 19.6. The van der Waals surface area contributed by atoms with E-state index in [0.717, 1.165) is 33.5 Å². The van der Waals surface area contributed by atoms with Crippen LogP contribution >= 0.6 is 11.3 Å². The van der Waals surface area contributed by atoms with E-state index >= 15 is 0 Å². The third-order valence-electron chi connectivity index (χ3n) is 6.79. The van der Waals surface area contributed by atoms with E-state index in [1.807, 2.05) is 24.4 Å². The first-order valence-electron chi connectivity index (χ1n) is 11.5. The lowest BCUT2D eigenvalue weighted by Crippen LogP contribution is -2.41. The highest BCUT2D eigenvalue weighted by molar-refractivity contribution is 7.14. The van der Waals surface area contributed by atoms with E-state index in [1.165, 1.54) is 4.90 Å². The summed E-state index contributed by atoms with van der Waals surface area (Å²) in [6, 6.07) is 3.86. The molecule has 3 aromatic heterocycles. The van der Waals surface area contributed by atoms with Gasteiger partial charge in [0, 0.05) is 47.7 Å². The van der Waals surface area contributed by atoms with Crippen molar-refractivity contribution < 1.29 is 22.8 Å². The smallest absolute Gasteiger partial charge is 0.346 e. The first kappa shape index (κ1) is 23.5. The van der Waals surface area contributed by atoms with Gasteiger partial charge in [-0.05, 0) is 43.4 Å². The van der Waals surface area contributed by atoms with Gasteiger partial charge in [0.2, 0.25) is 0 Å². The number of thiazole rings is 1. The van der Waals surface area contributed by atoms with Crippen LogP contribution in [0.5, 0.6) is 0 Å². The SMILES string of the molecule is O=C(Nc1nc(C2CCCC(C(F)(F)F)C2)cs1)C(=O)N1CC=C(c2c[nH]c3ncccc23)CC1. The van der Waals surface area contributed by atoms with Gasteiger partial charge in [0.05, 0.1) is 11.6 Å². The van der Waals surface area contributed by atoms with Crippen molar-refractivity contribution in [1.29, 1.82) is 0 Å². The summed E-state index contributed by atoms with van der Waals surface area (Å²) < 4.78 is 39.4. The summed E-state index contributed by atoms with van der Waals surface area (Å²) in [5, 5.41) is 5.44. The van der Waals surface area contributed by atoms with Crippen LogP contribution in [0, 0.1) is 5.92 Å². The molecule has 2 aliphatic rings. The number of aromatic nitrogens is 3. The van der Waals surface area contributed by atoms with Gasteiger partial charge in [-0.25, -0.2) is 9.97 Å². The van der Waals surface area contributed by atoms with Crippen molar-refractivity contribution in [2.75, 3.05) is 18.4 Å². The molecule has 1 aliphatic carbocycles. The van der Waals surface area contributed by atoms with E-state index in [-0.39, 0.29) is 23.9 Å². The molecule has 35 heavy (non-hydrogen) atoms. The van der Waals surface area contributed by atoms with Gasteiger partial charge in [-0.3, -0.25) is 14.9 Å². The van der Waals surface area contributed by atoms with Gasteiger partial charge in [0.1, 0.15) is 5.65 Å². The minimum Gasteiger partial charge on any atom is -0.346 e. The third-order valence-corrected chi connectivity index (χ3v) is 7.56. The van der Waals surface area contributed by atoms with Gasteiger partial charge in [-0.2, -0.15) is 13.2 Å². The van der Waals surface area contributed by atoms with Crippen LogP contribution in [0.3, 0.4) is 0 Å². The molecule has 1 saturated carbocycles. The van der Waals surface area contributed by atoms with Crippen LogP contribution in [0.2, 0.25) is 0 Å². The maximum absolute atomic E-state index is 13.1. The number of carbonyl (C=O) groups is 2. The van der Waals surface area contributed by atoms with Gasteiger partial charge in [0.15, 0.2) is 5.13 Å². The lowest BCUT2D eigenvalue weighted by atomic mass is 9.80. The maximum atomic E-state index is 13.1. The van der Waals surface area contributed by atoms with Crippen molar-refractivity contribution in [2.24, 2.45) is 5.92 Å². The lowest BCUT2D eigenvalue weighted by molar-refractivity contribution is -0.183. The number of alkyl halides is 3. The Balaban J connectivity index is 1.19. The molecule has 1 aliphatic heterocycles. The molecular weight excluding hydrogens is 479 g/mol. The van der Waals surface area contributed by atoms with E-state index in [9.17, 15) is 22.8 Å². The third kappa shape index (κ3) is 4.95. The Hall–Kier alpha value is -3.21. The Bertz CT molecular complexity index is 1280. The monoisotopic (exact) mass is 503 g/mol. The minimum absolute atomic E-state index is 0.00842. The molecular formula is C24H24F3N5O2S. The van der Waals surface area contributed by atoms with Crippen molar-refractivity contribution in [1.82, 2.24) is 19.9 Å². The molecule has 0 saturated heterocycles. The number of anilines is 1. The molecule has 2 unspecified atom stereocenters. The Morgan fingerprint density at radius 2 is 2.11 bits per heavy atom. The summed E-state index contributed by atoms with van der Waals surface area (Å²) in [4.78, 5) is 38.5. The molecule has 4 heterocycles. The quantitative estimate of drug-likeness (QED) is 0.486. The average Bonchev–Trinajstić information content (AvgIpc) is 3.50. The molecule has 0 aromatic carbocycles. The highest BCUT2D eigenvalue weighted by Gasteiger charge is 2.42. The predicted molar refractivity (Wildman–Crippen MR) is 127 cm³/mol. The van der Waals surface area contributed by atoms with E-state index in [2.05, 4.69) is 20.3 Å². The van der Waals surface area contributed by atoms with Crippen LogP contribution in [-0.2, 0) is 9.59 Å². The number of aromatic amines is 1. The summed E-state index contributed by atoms with van der Waals surface area (Å²) in [6.07, 6.45) is 3.24. The molecule has 2 N–H and O–H groups in total. The Kier molecular flexibility index (Phi) is 6.35. The molecule has 0 bridgehead atoms. The van der Waals surface area contributed by atoms with Crippen LogP contribution in [0.15, 0.2) is 36.0 Å². The largest absolute Gasteiger partial charge is 0.391 e. The molecule has 3 aromatic rings. The number of hydrogen-bond acceptors (Lipinski definition) is 5. The maximum Gasteiger partial charge on any atom is 0.391 e. The number of halogens is 3. The predicted octanol–water partition coefficient (Wildman–Crippen LogP) is 5.11. The summed E-state index contributed by atoms with van der Waals surface area (Å²) in [7, 11) is 0. The second-order valence-electron chi connectivity index (χ2n) is 8.97. The Morgan fingerprint density at radius 3 is 2.89 bits per heavy atom. The molecule has 0 spiro atoms. The molecule has 11 heteroatoms. The van der Waals surface area contributed by atoms with E-state index < -0.39 is 23.9 Å². The van der Waals surface area contributed by atoms with Crippen LogP contribution in [0.1, 0.15) is 49.3 Å². The zero-order chi connectivity index (χ0) is 24.6. The number of hydrogen-bond donors (Lipinski definition) is 2. The van der Waals surface area contributed by atoms with Gasteiger partial charge >= 0.3 is 18.0 Å². The van der Waals surface area contributed by atoms with Crippen molar-refractivity contribution in [3.8, 4) is 0 Å². The van der Waals surface area contributed by atoms with Gasteiger partial charge < -0.3 is 9.88 Å². The van der Waals surface area contributed by atoms with Crippen molar-refractivity contribution in [3.05, 3.63) is 47.2 Å².